The molecule has 5 atom stereocenters. The van der Waals surface area contributed by atoms with E-state index in [1.807, 2.05) is 17.0 Å². The average molecular weight is 419 g/mol. The fourth-order valence-corrected chi connectivity index (χ4v) is 5.04. The van der Waals surface area contributed by atoms with E-state index in [4.69, 9.17) is 19.4 Å². The highest BCUT2D eigenvalue weighted by Crippen LogP contribution is 2.59. The maximum absolute atomic E-state index is 11.3. The summed E-state index contributed by atoms with van der Waals surface area (Å²) in [5, 5.41) is 39.5. The zero-order valence-corrected chi connectivity index (χ0v) is 15.1. The van der Waals surface area contributed by atoms with Gasteiger partial charge in [0.15, 0.2) is 11.5 Å². The van der Waals surface area contributed by atoms with Crippen molar-refractivity contribution in [1.82, 2.24) is 4.90 Å². The second-order valence-electron chi connectivity index (χ2n) is 7.68. The molecular weight excluding hydrogens is 399 g/mol. The van der Waals surface area contributed by atoms with Gasteiger partial charge in [0, 0.05) is 13.1 Å². The van der Waals surface area contributed by atoms with Gasteiger partial charge in [-0.25, -0.2) is 4.79 Å². The number of carboxylic acid groups (broad SMARTS) is 1. The highest BCUT2D eigenvalue weighted by atomic mass is 19.4. The summed E-state index contributed by atoms with van der Waals surface area (Å²) in [5.74, 6) is -1.39. The summed E-state index contributed by atoms with van der Waals surface area (Å²) in [5.41, 5.74) is 0.00444. The van der Waals surface area contributed by atoms with Crippen LogP contribution in [0.15, 0.2) is 12.1 Å². The van der Waals surface area contributed by atoms with E-state index < -0.39 is 35.5 Å². The smallest absolute Gasteiger partial charge is 0.475 e. The number of fused-ring (bicyclic) bond motifs is 2. The fourth-order valence-electron chi connectivity index (χ4n) is 5.04. The number of alkyl halides is 3. The Bertz CT molecular complexity index is 847. The van der Waals surface area contributed by atoms with E-state index in [-0.39, 0.29) is 6.79 Å². The van der Waals surface area contributed by atoms with Gasteiger partial charge in [-0.1, -0.05) is 0 Å². The molecule has 1 saturated heterocycles. The Labute approximate surface area is 163 Å². The van der Waals surface area contributed by atoms with Gasteiger partial charge in [0.1, 0.15) is 5.72 Å². The Hall–Kier alpha value is -2.08. The summed E-state index contributed by atoms with van der Waals surface area (Å²) in [7, 11) is 0. The van der Waals surface area contributed by atoms with Gasteiger partial charge in [0.2, 0.25) is 6.79 Å². The van der Waals surface area contributed by atoms with Crippen LogP contribution in [-0.4, -0.2) is 68.7 Å². The van der Waals surface area contributed by atoms with Crippen molar-refractivity contribution < 1.29 is 47.9 Å². The standard InChI is InChI=1S/C16H19NO5.C2HF3O2/c18-11-1-2-16(20)15(14(11)19)3-4-17(16)7-9-5-12-13(6-10(9)15)22-8-21-12;3-2(4,5)1(6)7/h5-6,11,14,18-20H,1-4,7-8H2;(H,6,7)/t11-,14-,15+,16-;/m0./s1. The third kappa shape index (κ3) is 2.79. The first-order valence-electron chi connectivity index (χ1n) is 9.07. The summed E-state index contributed by atoms with van der Waals surface area (Å²) in [4.78, 5) is 10.9. The topological polar surface area (TPSA) is 120 Å². The van der Waals surface area contributed by atoms with E-state index in [0.717, 1.165) is 11.1 Å². The zero-order chi connectivity index (χ0) is 21.2. The number of benzene rings is 1. The van der Waals surface area contributed by atoms with E-state index in [9.17, 15) is 28.5 Å². The lowest BCUT2D eigenvalue weighted by molar-refractivity contribution is -0.214. The fraction of sp³-hybridized carbons (Fsp3) is 0.611. The number of carbonyl (C=O) groups is 1. The lowest BCUT2D eigenvalue weighted by Crippen LogP contribution is -2.68. The van der Waals surface area contributed by atoms with Crippen LogP contribution in [0.25, 0.3) is 0 Å². The molecule has 0 spiro atoms. The molecular formula is C18H20F3NO7. The maximum Gasteiger partial charge on any atom is 0.490 e. The number of aliphatic hydroxyl groups excluding tert-OH is 2. The molecule has 4 aliphatic rings. The summed E-state index contributed by atoms with van der Waals surface area (Å²) in [6.45, 7) is 1.54. The van der Waals surface area contributed by atoms with Crippen molar-refractivity contribution in [3.8, 4) is 11.5 Å². The Balaban J connectivity index is 0.000000255. The summed E-state index contributed by atoms with van der Waals surface area (Å²) < 4.78 is 42.7. The van der Waals surface area contributed by atoms with Crippen LogP contribution in [0.3, 0.4) is 0 Å². The van der Waals surface area contributed by atoms with E-state index in [2.05, 4.69) is 0 Å². The van der Waals surface area contributed by atoms with Crippen molar-refractivity contribution in [3.63, 3.8) is 0 Å². The molecule has 4 N–H and O–H groups in total. The number of hydrogen-bond acceptors (Lipinski definition) is 7. The van der Waals surface area contributed by atoms with E-state index in [1.165, 1.54) is 0 Å². The second-order valence-corrected chi connectivity index (χ2v) is 7.68. The normalized spacial score (nSPS) is 36.6. The molecule has 3 aliphatic heterocycles. The predicted molar refractivity (Wildman–Crippen MR) is 89.2 cm³/mol. The van der Waals surface area contributed by atoms with Gasteiger partial charge in [-0.15, -0.1) is 0 Å². The van der Waals surface area contributed by atoms with Gasteiger partial charge in [0.25, 0.3) is 0 Å². The molecule has 0 amide bonds. The van der Waals surface area contributed by atoms with Gasteiger partial charge in [0.05, 0.1) is 17.6 Å². The van der Waals surface area contributed by atoms with Crippen LogP contribution in [-0.2, 0) is 16.8 Å². The Morgan fingerprint density at radius 2 is 1.79 bits per heavy atom. The molecule has 2 bridgehead atoms. The van der Waals surface area contributed by atoms with Crippen molar-refractivity contribution in [2.75, 3.05) is 13.3 Å². The Morgan fingerprint density at radius 3 is 2.41 bits per heavy atom. The number of hydrogen-bond donors (Lipinski definition) is 4. The minimum absolute atomic E-state index is 0.199. The highest BCUT2D eigenvalue weighted by Gasteiger charge is 2.68. The second kappa shape index (κ2) is 6.46. The molecule has 1 aromatic carbocycles. The van der Waals surface area contributed by atoms with Crippen molar-refractivity contribution >= 4 is 5.97 Å². The third-order valence-corrected chi connectivity index (χ3v) is 6.35. The van der Waals surface area contributed by atoms with Crippen LogP contribution < -0.4 is 9.47 Å². The van der Waals surface area contributed by atoms with E-state index in [1.54, 1.807) is 0 Å². The molecule has 11 heteroatoms. The molecule has 0 aromatic heterocycles. The molecule has 1 unspecified atom stereocenters. The number of nitrogens with zero attached hydrogens (tertiary/aromatic N) is 1. The number of ether oxygens (including phenoxy) is 2. The molecule has 29 heavy (non-hydrogen) atoms. The molecule has 3 heterocycles. The molecule has 2 fully saturated rings. The number of halogens is 3. The number of carboxylic acids is 1. The summed E-state index contributed by atoms with van der Waals surface area (Å²) >= 11 is 0. The number of aliphatic hydroxyl groups is 3. The minimum atomic E-state index is -5.08. The van der Waals surface area contributed by atoms with Crippen molar-refractivity contribution in [2.45, 2.75) is 55.3 Å². The van der Waals surface area contributed by atoms with Gasteiger partial charge in [-0.2, -0.15) is 13.2 Å². The lowest BCUT2D eigenvalue weighted by atomic mass is 9.59. The largest absolute Gasteiger partial charge is 0.490 e. The number of rotatable bonds is 0. The van der Waals surface area contributed by atoms with Gasteiger partial charge >= 0.3 is 12.1 Å². The predicted octanol–water partition coefficient (Wildman–Crippen LogP) is 0.710. The summed E-state index contributed by atoms with van der Waals surface area (Å²) in [6.07, 6.45) is -5.35. The molecule has 1 saturated carbocycles. The van der Waals surface area contributed by atoms with Gasteiger partial charge < -0.3 is 29.9 Å². The van der Waals surface area contributed by atoms with E-state index in [0.29, 0.717) is 43.9 Å². The zero-order valence-electron chi connectivity index (χ0n) is 15.1. The van der Waals surface area contributed by atoms with Crippen LogP contribution in [0.1, 0.15) is 30.4 Å². The first-order valence-corrected chi connectivity index (χ1v) is 9.07. The van der Waals surface area contributed by atoms with Crippen LogP contribution in [0, 0.1) is 0 Å². The molecule has 160 valence electrons. The van der Waals surface area contributed by atoms with Gasteiger partial charge in [-0.3, -0.25) is 4.90 Å². The molecule has 8 nitrogen and oxygen atoms in total. The molecule has 1 aromatic rings. The Morgan fingerprint density at radius 1 is 1.17 bits per heavy atom. The minimum Gasteiger partial charge on any atom is -0.475 e. The lowest BCUT2D eigenvalue weighted by Gasteiger charge is -2.56. The first kappa shape index (κ1) is 20.2. The van der Waals surface area contributed by atoms with Crippen LogP contribution in [0.2, 0.25) is 0 Å². The Kier molecular flexibility index (Phi) is 4.50. The molecule has 0 radical (unpaired) electrons. The van der Waals surface area contributed by atoms with E-state index >= 15 is 0 Å². The van der Waals surface area contributed by atoms with Gasteiger partial charge in [-0.05, 0) is 42.5 Å². The maximum atomic E-state index is 11.3. The SMILES string of the molecule is O=C(O)C(F)(F)F.O[C@H]1CC[C@@]2(O)N3CC[C@@]2(c2cc4c(cc2C3)OCO4)[C@H]1O. The molecule has 5 rings (SSSR count). The summed E-state index contributed by atoms with van der Waals surface area (Å²) in [6, 6.07) is 3.84. The average Bonchev–Trinajstić information content (AvgIpc) is 3.16. The third-order valence-electron chi connectivity index (χ3n) is 6.35. The van der Waals surface area contributed by atoms with Crippen molar-refractivity contribution in [1.29, 1.82) is 0 Å². The molecule has 1 aliphatic carbocycles. The van der Waals surface area contributed by atoms with Crippen molar-refractivity contribution in [3.05, 3.63) is 23.3 Å². The quantitative estimate of drug-likeness (QED) is 0.486. The van der Waals surface area contributed by atoms with Crippen LogP contribution in [0.4, 0.5) is 13.2 Å². The van der Waals surface area contributed by atoms with Crippen LogP contribution in [0.5, 0.6) is 11.5 Å². The first-order chi connectivity index (χ1) is 13.5. The number of aliphatic carboxylic acids is 1. The van der Waals surface area contributed by atoms with Crippen LogP contribution >= 0.6 is 0 Å². The monoisotopic (exact) mass is 419 g/mol. The highest BCUT2D eigenvalue weighted by molar-refractivity contribution is 5.73. The van der Waals surface area contributed by atoms with Crippen molar-refractivity contribution in [2.24, 2.45) is 0 Å².